The van der Waals surface area contributed by atoms with Crippen LogP contribution in [0.25, 0.3) is 0 Å². The molecule has 4 heteroatoms. The number of rotatable bonds is 4. The second-order valence-corrected chi connectivity index (χ2v) is 6.39. The number of benzene rings is 1. The van der Waals surface area contributed by atoms with Gasteiger partial charge in [-0.2, -0.15) is 0 Å². The number of hydrogen-bond acceptors (Lipinski definition) is 3. The van der Waals surface area contributed by atoms with Gasteiger partial charge in [0.2, 0.25) is 5.91 Å². The lowest BCUT2D eigenvalue weighted by atomic mass is 10.1. The van der Waals surface area contributed by atoms with Gasteiger partial charge in [-0.25, -0.2) is 0 Å². The highest BCUT2D eigenvalue weighted by molar-refractivity contribution is 5.81. The number of nitrogens with one attached hydrogen (secondary N) is 2. The fraction of sp³-hybridized carbons (Fsp3) is 0.562. The molecule has 0 radical (unpaired) electrons. The minimum Gasteiger partial charge on any atom is -0.376 e. The van der Waals surface area contributed by atoms with Gasteiger partial charge in [0.05, 0.1) is 6.54 Å². The monoisotopic (exact) mass is 275 g/mol. The first kappa shape index (κ1) is 14.7. The molecule has 1 heterocycles. The summed E-state index contributed by atoms with van der Waals surface area (Å²) in [6.07, 6.45) is 2.57. The van der Waals surface area contributed by atoms with Gasteiger partial charge < -0.3 is 15.5 Å². The van der Waals surface area contributed by atoms with Gasteiger partial charge in [0, 0.05) is 30.0 Å². The molecule has 0 aliphatic carbocycles. The molecule has 0 bridgehead atoms. The van der Waals surface area contributed by atoms with Crippen molar-refractivity contribution in [2.45, 2.75) is 39.2 Å². The third kappa shape index (κ3) is 4.44. The van der Waals surface area contributed by atoms with Crippen molar-refractivity contribution >= 4 is 17.3 Å². The van der Waals surface area contributed by atoms with Crippen LogP contribution in [0.4, 0.5) is 11.4 Å². The Balaban J connectivity index is 1.83. The predicted octanol–water partition coefficient (Wildman–Crippen LogP) is 2.61. The maximum absolute atomic E-state index is 11.7. The van der Waals surface area contributed by atoms with E-state index in [1.54, 1.807) is 0 Å². The van der Waals surface area contributed by atoms with Crippen LogP contribution in [0.15, 0.2) is 24.3 Å². The Morgan fingerprint density at radius 2 is 1.75 bits per heavy atom. The van der Waals surface area contributed by atoms with Crippen molar-refractivity contribution in [1.82, 2.24) is 5.32 Å². The van der Waals surface area contributed by atoms with E-state index in [0.717, 1.165) is 18.8 Å². The van der Waals surface area contributed by atoms with Gasteiger partial charge >= 0.3 is 0 Å². The molecule has 110 valence electrons. The van der Waals surface area contributed by atoms with Crippen molar-refractivity contribution in [2.24, 2.45) is 0 Å². The average molecular weight is 275 g/mol. The van der Waals surface area contributed by atoms with E-state index in [4.69, 9.17) is 0 Å². The molecule has 1 aliphatic rings. The quantitative estimate of drug-likeness (QED) is 0.888. The minimum absolute atomic E-state index is 0.0149. The zero-order valence-corrected chi connectivity index (χ0v) is 12.7. The minimum atomic E-state index is -0.182. The molecule has 20 heavy (non-hydrogen) atoms. The lowest BCUT2D eigenvalue weighted by Crippen LogP contribution is -2.43. The first-order valence-electron chi connectivity index (χ1n) is 7.34. The molecule has 0 spiro atoms. The molecule has 2 rings (SSSR count). The van der Waals surface area contributed by atoms with Crippen LogP contribution in [-0.2, 0) is 4.79 Å². The smallest absolute Gasteiger partial charge is 0.239 e. The molecule has 1 amide bonds. The van der Waals surface area contributed by atoms with Crippen molar-refractivity contribution in [3.63, 3.8) is 0 Å². The highest BCUT2D eigenvalue weighted by atomic mass is 16.2. The maximum Gasteiger partial charge on any atom is 0.239 e. The van der Waals surface area contributed by atoms with Gasteiger partial charge in [-0.1, -0.05) is 0 Å². The van der Waals surface area contributed by atoms with Crippen molar-refractivity contribution in [3.8, 4) is 0 Å². The predicted molar refractivity (Wildman–Crippen MR) is 84.3 cm³/mol. The van der Waals surface area contributed by atoms with Crippen molar-refractivity contribution < 1.29 is 4.79 Å². The topological polar surface area (TPSA) is 44.4 Å². The zero-order valence-electron chi connectivity index (χ0n) is 12.7. The van der Waals surface area contributed by atoms with Gasteiger partial charge in [0.1, 0.15) is 0 Å². The van der Waals surface area contributed by atoms with E-state index in [0.29, 0.717) is 6.54 Å². The van der Waals surface area contributed by atoms with Crippen LogP contribution in [0.1, 0.15) is 33.6 Å². The molecule has 0 aromatic heterocycles. The Bertz CT molecular complexity index is 442. The van der Waals surface area contributed by atoms with Crippen molar-refractivity contribution in [2.75, 3.05) is 29.9 Å². The van der Waals surface area contributed by atoms with E-state index >= 15 is 0 Å². The van der Waals surface area contributed by atoms with Crippen LogP contribution >= 0.6 is 0 Å². The van der Waals surface area contributed by atoms with Crippen LogP contribution in [0.2, 0.25) is 0 Å². The van der Waals surface area contributed by atoms with E-state index < -0.39 is 0 Å². The molecule has 1 aromatic rings. The van der Waals surface area contributed by atoms with Crippen LogP contribution in [0, 0.1) is 0 Å². The number of amides is 1. The van der Waals surface area contributed by atoms with Crippen LogP contribution in [-0.4, -0.2) is 31.1 Å². The number of anilines is 2. The molecule has 0 atom stereocenters. The van der Waals surface area contributed by atoms with Crippen LogP contribution in [0.5, 0.6) is 0 Å². The summed E-state index contributed by atoms with van der Waals surface area (Å²) in [6.45, 7) is 8.56. The summed E-state index contributed by atoms with van der Waals surface area (Å²) in [5.41, 5.74) is 2.07. The molecular formula is C16H25N3O. The number of carbonyl (C=O) groups excluding carboxylic acids is 1. The van der Waals surface area contributed by atoms with E-state index in [1.807, 2.05) is 32.9 Å². The SMILES string of the molecule is CC(C)(C)NC(=O)CNc1ccc(N2CCCC2)cc1. The summed E-state index contributed by atoms with van der Waals surface area (Å²) in [7, 11) is 0. The van der Waals surface area contributed by atoms with Gasteiger partial charge in [-0.05, 0) is 57.9 Å². The summed E-state index contributed by atoms with van der Waals surface area (Å²) in [5.74, 6) is 0.0149. The lowest BCUT2D eigenvalue weighted by Gasteiger charge is -2.21. The standard InChI is InChI=1S/C16H25N3O/c1-16(2,3)18-15(20)12-17-13-6-8-14(9-7-13)19-10-4-5-11-19/h6-9,17H,4-5,10-12H2,1-3H3,(H,18,20). The molecule has 1 fully saturated rings. The third-order valence-corrected chi connectivity index (χ3v) is 3.31. The lowest BCUT2D eigenvalue weighted by molar-refractivity contribution is -0.120. The normalized spacial score (nSPS) is 15.2. The van der Waals surface area contributed by atoms with E-state index in [9.17, 15) is 4.79 Å². The third-order valence-electron chi connectivity index (χ3n) is 3.31. The second kappa shape index (κ2) is 6.16. The first-order chi connectivity index (χ1) is 9.44. The Morgan fingerprint density at radius 1 is 1.15 bits per heavy atom. The largest absolute Gasteiger partial charge is 0.376 e. The van der Waals surface area contributed by atoms with Crippen molar-refractivity contribution in [1.29, 1.82) is 0 Å². The fourth-order valence-electron chi connectivity index (χ4n) is 2.41. The van der Waals surface area contributed by atoms with Crippen molar-refractivity contribution in [3.05, 3.63) is 24.3 Å². The van der Waals surface area contributed by atoms with E-state index in [2.05, 4.69) is 27.7 Å². The van der Waals surface area contributed by atoms with Crippen LogP contribution in [0.3, 0.4) is 0 Å². The average Bonchev–Trinajstić information content (AvgIpc) is 2.89. The maximum atomic E-state index is 11.7. The molecule has 1 aromatic carbocycles. The molecule has 1 saturated heterocycles. The first-order valence-corrected chi connectivity index (χ1v) is 7.34. The van der Waals surface area contributed by atoms with E-state index in [-0.39, 0.29) is 11.4 Å². The highest BCUT2D eigenvalue weighted by Gasteiger charge is 2.14. The van der Waals surface area contributed by atoms with Gasteiger partial charge in [0.15, 0.2) is 0 Å². The summed E-state index contributed by atoms with van der Waals surface area (Å²) in [5, 5.41) is 6.09. The molecular weight excluding hydrogens is 250 g/mol. The Morgan fingerprint density at radius 3 is 2.30 bits per heavy atom. The Labute approximate surface area is 121 Å². The highest BCUT2D eigenvalue weighted by Crippen LogP contribution is 2.21. The fourth-order valence-corrected chi connectivity index (χ4v) is 2.41. The Kier molecular flexibility index (Phi) is 4.53. The molecule has 4 nitrogen and oxygen atoms in total. The second-order valence-electron chi connectivity index (χ2n) is 6.39. The summed E-state index contributed by atoms with van der Waals surface area (Å²) in [6, 6.07) is 8.32. The molecule has 2 N–H and O–H groups in total. The summed E-state index contributed by atoms with van der Waals surface area (Å²) >= 11 is 0. The zero-order chi connectivity index (χ0) is 14.6. The number of nitrogens with zero attached hydrogens (tertiary/aromatic N) is 1. The molecule has 0 saturated carbocycles. The summed E-state index contributed by atoms with van der Waals surface area (Å²) < 4.78 is 0. The van der Waals surface area contributed by atoms with Gasteiger partial charge in [-0.3, -0.25) is 4.79 Å². The number of hydrogen-bond donors (Lipinski definition) is 2. The van der Waals surface area contributed by atoms with Crippen LogP contribution < -0.4 is 15.5 Å². The summed E-state index contributed by atoms with van der Waals surface area (Å²) in [4.78, 5) is 14.1. The number of carbonyl (C=O) groups is 1. The Hall–Kier alpha value is -1.71. The molecule has 1 aliphatic heterocycles. The van der Waals surface area contributed by atoms with E-state index in [1.165, 1.54) is 18.5 Å². The molecule has 0 unspecified atom stereocenters. The van der Waals surface area contributed by atoms with Gasteiger partial charge in [0.25, 0.3) is 0 Å². The van der Waals surface area contributed by atoms with Gasteiger partial charge in [-0.15, -0.1) is 0 Å².